The molecule has 0 aromatic heterocycles. The van der Waals surface area contributed by atoms with Crippen LogP contribution < -0.4 is 0 Å². The number of hydrogen-bond acceptors (Lipinski definition) is 3. The minimum absolute atomic E-state index is 0.0287. The minimum Gasteiger partial charge on any atom is -0.495 e. The summed E-state index contributed by atoms with van der Waals surface area (Å²) in [5, 5.41) is 9.49. The van der Waals surface area contributed by atoms with Gasteiger partial charge in [0.2, 0.25) is 0 Å². The Bertz CT molecular complexity index is 330. The molecule has 17 heavy (non-hydrogen) atoms. The molecule has 0 aliphatic heterocycles. The third-order valence-electron chi connectivity index (χ3n) is 2.79. The quantitative estimate of drug-likeness (QED) is 0.343. The smallest absolute Gasteiger partial charge is 0.128 e. The van der Waals surface area contributed by atoms with E-state index in [2.05, 4.69) is 6.92 Å². The van der Waals surface area contributed by atoms with E-state index in [1.54, 1.807) is 0 Å². The highest BCUT2D eigenvalue weighted by atomic mass is 35.5. The number of alkyl halides is 1. The first kappa shape index (κ1) is 14.9. The molecule has 2 atom stereocenters. The molecule has 96 valence electrons. The normalized spacial score (nSPS) is 24.6. The van der Waals surface area contributed by atoms with E-state index in [9.17, 15) is 0 Å². The van der Waals surface area contributed by atoms with Crippen LogP contribution in [0.4, 0.5) is 0 Å². The van der Waals surface area contributed by atoms with E-state index in [-0.39, 0.29) is 11.3 Å². The second kappa shape index (κ2) is 7.34. The van der Waals surface area contributed by atoms with E-state index in [1.165, 1.54) is 5.37 Å². The Labute approximate surface area is 118 Å². The Morgan fingerprint density at radius 2 is 2.35 bits per heavy atom. The molecule has 0 saturated heterocycles. The monoisotopic (exact) mass is 293 g/mol. The molecule has 2 nitrogen and oxygen atoms in total. The number of halogens is 2. The summed E-state index contributed by atoms with van der Waals surface area (Å²) in [5.41, 5.74) is 0.427. The lowest BCUT2D eigenvalue weighted by molar-refractivity contribution is 0.189. The molecule has 0 fully saturated rings. The van der Waals surface area contributed by atoms with Gasteiger partial charge in [0.1, 0.15) is 5.76 Å². The Morgan fingerprint density at radius 1 is 1.65 bits per heavy atom. The maximum atomic E-state index is 7.71. The van der Waals surface area contributed by atoms with Crippen LogP contribution in [0.2, 0.25) is 0 Å². The van der Waals surface area contributed by atoms with Crippen LogP contribution in [0.25, 0.3) is 0 Å². The summed E-state index contributed by atoms with van der Waals surface area (Å²) in [6.07, 6.45) is 3.36. The average molecular weight is 294 g/mol. The zero-order valence-electron chi connectivity index (χ0n) is 9.84. The maximum absolute atomic E-state index is 7.71. The fraction of sp³-hybridized carbons (Fsp3) is 0.667. The molecule has 5 heteroatoms. The van der Waals surface area contributed by atoms with Crippen LogP contribution in [0.1, 0.15) is 32.6 Å². The van der Waals surface area contributed by atoms with Crippen molar-refractivity contribution in [2.24, 2.45) is 5.92 Å². The standard InChI is InChI=1S/C12H17Cl2NOS/c1-2-3-4-16-12-9(13)5-8(6-10(12)14)11(15)7-17/h7-9,15H,2-6H2,1H3. The van der Waals surface area contributed by atoms with Gasteiger partial charge in [0.25, 0.3) is 0 Å². The summed E-state index contributed by atoms with van der Waals surface area (Å²) >= 11 is 17.2. The summed E-state index contributed by atoms with van der Waals surface area (Å²) < 4.78 is 5.62. The van der Waals surface area contributed by atoms with Crippen molar-refractivity contribution in [1.82, 2.24) is 0 Å². The average Bonchev–Trinajstić information content (AvgIpc) is 2.31. The van der Waals surface area contributed by atoms with Gasteiger partial charge in [0.05, 0.1) is 17.0 Å². The minimum atomic E-state index is -0.242. The van der Waals surface area contributed by atoms with Crippen LogP contribution in [0.15, 0.2) is 10.8 Å². The van der Waals surface area contributed by atoms with Crippen LogP contribution in [-0.2, 0) is 4.74 Å². The number of nitrogens with one attached hydrogen (secondary N) is 1. The van der Waals surface area contributed by atoms with Gasteiger partial charge in [-0.25, -0.2) is 0 Å². The van der Waals surface area contributed by atoms with E-state index < -0.39 is 0 Å². The van der Waals surface area contributed by atoms with E-state index in [0.717, 1.165) is 12.8 Å². The molecular weight excluding hydrogens is 277 g/mol. The molecule has 0 heterocycles. The first-order chi connectivity index (χ1) is 8.10. The van der Waals surface area contributed by atoms with Crippen LogP contribution in [0, 0.1) is 11.3 Å². The second-order valence-corrected chi connectivity index (χ2v) is 5.37. The number of thiocarbonyl (C=S) groups is 1. The Morgan fingerprint density at radius 3 is 2.88 bits per heavy atom. The van der Waals surface area contributed by atoms with E-state index >= 15 is 0 Å². The lowest BCUT2D eigenvalue weighted by Crippen LogP contribution is -2.26. The molecule has 0 radical (unpaired) electrons. The second-order valence-electron chi connectivity index (χ2n) is 4.15. The fourth-order valence-corrected chi connectivity index (χ4v) is 2.79. The Kier molecular flexibility index (Phi) is 6.45. The zero-order valence-corrected chi connectivity index (χ0v) is 12.2. The largest absolute Gasteiger partial charge is 0.495 e. The number of unbranched alkanes of at least 4 members (excludes halogenated alkanes) is 1. The van der Waals surface area contributed by atoms with Gasteiger partial charge < -0.3 is 10.1 Å². The molecule has 0 saturated carbocycles. The molecule has 0 spiro atoms. The number of allylic oxidation sites excluding steroid dienone is 2. The third-order valence-corrected chi connectivity index (χ3v) is 3.76. The topological polar surface area (TPSA) is 33.1 Å². The van der Waals surface area contributed by atoms with Crippen molar-refractivity contribution in [3.8, 4) is 0 Å². The highest BCUT2D eigenvalue weighted by Gasteiger charge is 2.30. The van der Waals surface area contributed by atoms with Crippen LogP contribution in [0.5, 0.6) is 0 Å². The summed E-state index contributed by atoms with van der Waals surface area (Å²) in [7, 11) is 0. The van der Waals surface area contributed by atoms with Gasteiger partial charge in [0.15, 0.2) is 0 Å². The van der Waals surface area contributed by atoms with Crippen molar-refractivity contribution >= 4 is 46.5 Å². The summed E-state index contributed by atoms with van der Waals surface area (Å²) in [6, 6.07) is 0. The molecule has 0 amide bonds. The van der Waals surface area contributed by atoms with Gasteiger partial charge in [-0.15, -0.1) is 11.6 Å². The predicted octanol–water partition coefficient (Wildman–Crippen LogP) is 4.29. The Balaban J connectivity index is 2.65. The van der Waals surface area contributed by atoms with Crippen LogP contribution in [0.3, 0.4) is 0 Å². The molecule has 0 bridgehead atoms. The lowest BCUT2D eigenvalue weighted by atomic mass is 9.89. The Hall–Kier alpha value is -0.120. The van der Waals surface area contributed by atoms with Crippen LogP contribution in [-0.4, -0.2) is 23.1 Å². The molecule has 1 aliphatic rings. The van der Waals surface area contributed by atoms with Crippen molar-refractivity contribution in [1.29, 1.82) is 5.41 Å². The lowest BCUT2D eigenvalue weighted by Gasteiger charge is -2.27. The zero-order chi connectivity index (χ0) is 12.8. The first-order valence-electron chi connectivity index (χ1n) is 5.79. The highest BCUT2D eigenvalue weighted by Crippen LogP contribution is 2.36. The summed E-state index contributed by atoms with van der Waals surface area (Å²) in [6.45, 7) is 2.76. The van der Waals surface area contributed by atoms with Gasteiger partial charge in [-0.3, -0.25) is 0 Å². The van der Waals surface area contributed by atoms with Gasteiger partial charge >= 0.3 is 0 Å². The van der Waals surface area contributed by atoms with Crippen molar-refractivity contribution < 1.29 is 4.74 Å². The predicted molar refractivity (Wildman–Crippen MR) is 77.5 cm³/mol. The number of ether oxygens (including phenoxy) is 1. The van der Waals surface area contributed by atoms with Gasteiger partial charge in [-0.2, -0.15) is 0 Å². The van der Waals surface area contributed by atoms with Crippen molar-refractivity contribution in [3.05, 3.63) is 10.8 Å². The molecule has 1 rings (SSSR count). The van der Waals surface area contributed by atoms with Gasteiger partial charge in [0, 0.05) is 17.0 Å². The van der Waals surface area contributed by atoms with E-state index in [1.807, 2.05) is 0 Å². The molecule has 2 unspecified atom stereocenters. The first-order valence-corrected chi connectivity index (χ1v) is 7.07. The molecule has 0 aromatic rings. The maximum Gasteiger partial charge on any atom is 0.128 e. The molecule has 0 aromatic carbocycles. The summed E-state index contributed by atoms with van der Waals surface area (Å²) in [5.74, 6) is 0.719. The van der Waals surface area contributed by atoms with E-state index in [0.29, 0.717) is 36.0 Å². The van der Waals surface area contributed by atoms with Crippen molar-refractivity contribution in [2.45, 2.75) is 38.0 Å². The van der Waals surface area contributed by atoms with Crippen molar-refractivity contribution in [3.63, 3.8) is 0 Å². The highest BCUT2D eigenvalue weighted by molar-refractivity contribution is 7.80. The molecular formula is C12H17Cl2NOS. The molecule has 1 aliphatic carbocycles. The van der Waals surface area contributed by atoms with Crippen LogP contribution >= 0.6 is 35.4 Å². The van der Waals surface area contributed by atoms with E-state index in [4.69, 9.17) is 45.6 Å². The summed E-state index contributed by atoms with van der Waals surface area (Å²) in [4.78, 5) is 0. The van der Waals surface area contributed by atoms with Crippen molar-refractivity contribution in [2.75, 3.05) is 6.61 Å². The van der Waals surface area contributed by atoms with Gasteiger partial charge in [-0.05, 0) is 19.3 Å². The van der Waals surface area contributed by atoms with Gasteiger partial charge in [-0.1, -0.05) is 37.2 Å². The fourth-order valence-electron chi connectivity index (χ4n) is 1.76. The third kappa shape index (κ3) is 4.23. The SMILES string of the molecule is CCCCOC1=C(Cl)CC(C(=N)C=S)CC1Cl. The molecule has 1 N–H and O–H groups in total. The number of rotatable bonds is 6. The number of hydrogen-bond donors (Lipinski definition) is 1.